The molecule has 1 aliphatic rings. The van der Waals surface area contributed by atoms with E-state index in [1.807, 2.05) is 18.2 Å². The number of nitrogen functional groups attached to an aromatic ring is 1. The van der Waals surface area contributed by atoms with E-state index in [1.54, 1.807) is 0 Å². The number of nitrogens with one attached hydrogen (secondary N) is 3. The number of para-hydroxylation sites is 2. The SMILES string of the molecule is N=C(N)c1ccc2nc(CC3Nc4ccccc4N3CCCc3ccccc3)[nH]c2c1. The predicted octanol–water partition coefficient (Wildman–Crippen LogP) is 4.28. The second-order valence-corrected chi connectivity index (χ2v) is 7.99. The van der Waals surface area contributed by atoms with E-state index in [4.69, 9.17) is 16.1 Å². The molecule has 3 aromatic carbocycles. The summed E-state index contributed by atoms with van der Waals surface area (Å²) < 4.78 is 0. The standard InChI is InChI=1S/C25H26N6/c26-25(27)18-12-13-19-21(15-18)29-23(28-19)16-24-30-20-10-4-5-11-22(20)31(24)14-6-9-17-7-2-1-3-8-17/h1-5,7-8,10-13,15,24,30H,6,9,14,16H2,(H3,26,27)(H,28,29). The number of aromatic amines is 1. The largest absolute Gasteiger partial charge is 0.384 e. The first kappa shape index (κ1) is 19.2. The summed E-state index contributed by atoms with van der Waals surface area (Å²) in [5.74, 6) is 0.990. The van der Waals surface area contributed by atoms with Crippen LogP contribution in [0.15, 0.2) is 72.8 Å². The van der Waals surface area contributed by atoms with Crippen LogP contribution >= 0.6 is 0 Å². The van der Waals surface area contributed by atoms with Crippen LogP contribution in [-0.4, -0.2) is 28.5 Å². The molecular weight excluding hydrogens is 384 g/mol. The van der Waals surface area contributed by atoms with Crippen molar-refractivity contribution in [3.05, 3.63) is 89.7 Å². The van der Waals surface area contributed by atoms with Gasteiger partial charge in [-0.1, -0.05) is 42.5 Å². The smallest absolute Gasteiger partial charge is 0.122 e. The summed E-state index contributed by atoms with van der Waals surface area (Å²) in [6.07, 6.45) is 3.04. The summed E-state index contributed by atoms with van der Waals surface area (Å²) >= 11 is 0. The maximum atomic E-state index is 7.65. The number of anilines is 2. The van der Waals surface area contributed by atoms with Crippen LogP contribution in [0.5, 0.6) is 0 Å². The highest BCUT2D eigenvalue weighted by Crippen LogP contribution is 2.35. The fourth-order valence-corrected chi connectivity index (χ4v) is 4.32. The molecule has 0 saturated carbocycles. The van der Waals surface area contributed by atoms with Gasteiger partial charge in [-0.25, -0.2) is 4.98 Å². The van der Waals surface area contributed by atoms with Crippen molar-refractivity contribution in [1.82, 2.24) is 9.97 Å². The Bertz CT molecular complexity index is 1210. The van der Waals surface area contributed by atoms with Gasteiger partial charge in [0.05, 0.1) is 22.4 Å². The van der Waals surface area contributed by atoms with Crippen molar-refractivity contribution in [2.45, 2.75) is 25.4 Å². The zero-order valence-electron chi connectivity index (χ0n) is 17.3. The van der Waals surface area contributed by atoms with E-state index < -0.39 is 0 Å². The Labute approximate surface area is 181 Å². The topological polar surface area (TPSA) is 93.8 Å². The third kappa shape index (κ3) is 3.97. The number of imidazole rings is 1. The van der Waals surface area contributed by atoms with Crippen LogP contribution < -0.4 is 16.0 Å². The number of aromatic nitrogens is 2. The van der Waals surface area contributed by atoms with Gasteiger partial charge >= 0.3 is 0 Å². The minimum absolute atomic E-state index is 0.0653. The zero-order valence-corrected chi connectivity index (χ0v) is 17.3. The Kier molecular flexibility index (Phi) is 5.04. The molecule has 0 spiro atoms. The van der Waals surface area contributed by atoms with Gasteiger partial charge in [0.15, 0.2) is 0 Å². The summed E-state index contributed by atoms with van der Waals surface area (Å²) in [5.41, 5.74) is 11.9. The quantitative estimate of drug-likeness (QED) is 0.270. The highest BCUT2D eigenvalue weighted by Gasteiger charge is 2.28. The first-order valence-electron chi connectivity index (χ1n) is 10.7. The molecule has 0 saturated heterocycles. The Morgan fingerprint density at radius 1 is 1.03 bits per heavy atom. The minimum atomic E-state index is 0.0653. The van der Waals surface area contributed by atoms with Gasteiger partial charge < -0.3 is 20.9 Å². The van der Waals surface area contributed by atoms with Crippen LogP contribution in [-0.2, 0) is 12.8 Å². The number of hydrogen-bond acceptors (Lipinski definition) is 4. The molecule has 0 radical (unpaired) electrons. The fraction of sp³-hybridized carbons (Fsp3) is 0.200. The second kappa shape index (κ2) is 8.14. The van der Waals surface area contributed by atoms with E-state index in [9.17, 15) is 0 Å². The number of nitrogens with two attached hydrogens (primary N) is 1. The van der Waals surface area contributed by atoms with Gasteiger partial charge in [-0.05, 0) is 48.7 Å². The average Bonchev–Trinajstić information content (AvgIpc) is 3.34. The summed E-state index contributed by atoms with van der Waals surface area (Å²) in [6.45, 7) is 0.971. The minimum Gasteiger partial charge on any atom is -0.384 e. The Hall–Kier alpha value is -3.80. The van der Waals surface area contributed by atoms with Gasteiger partial charge in [-0.3, -0.25) is 5.41 Å². The Morgan fingerprint density at radius 2 is 1.84 bits per heavy atom. The fourth-order valence-electron chi connectivity index (χ4n) is 4.32. The van der Waals surface area contributed by atoms with Crippen molar-refractivity contribution < 1.29 is 0 Å². The molecule has 0 bridgehead atoms. The summed E-state index contributed by atoms with van der Waals surface area (Å²) in [4.78, 5) is 10.6. The molecule has 1 aliphatic heterocycles. The number of H-pyrrole nitrogens is 1. The van der Waals surface area contributed by atoms with Crippen molar-refractivity contribution in [1.29, 1.82) is 5.41 Å². The number of benzene rings is 3. The Balaban J connectivity index is 1.34. The van der Waals surface area contributed by atoms with Crippen LogP contribution in [0.2, 0.25) is 0 Å². The van der Waals surface area contributed by atoms with E-state index in [-0.39, 0.29) is 12.0 Å². The molecule has 1 unspecified atom stereocenters. The number of rotatable bonds is 7. The zero-order chi connectivity index (χ0) is 21.2. The predicted molar refractivity (Wildman–Crippen MR) is 127 cm³/mol. The second-order valence-electron chi connectivity index (χ2n) is 7.99. The molecule has 4 aromatic rings. The van der Waals surface area contributed by atoms with Crippen molar-refractivity contribution in [2.75, 3.05) is 16.8 Å². The lowest BCUT2D eigenvalue weighted by molar-refractivity contribution is 0.631. The van der Waals surface area contributed by atoms with Crippen LogP contribution in [0, 0.1) is 5.41 Å². The maximum absolute atomic E-state index is 7.65. The van der Waals surface area contributed by atoms with Crippen LogP contribution in [0.25, 0.3) is 11.0 Å². The van der Waals surface area contributed by atoms with E-state index in [0.717, 1.165) is 42.7 Å². The van der Waals surface area contributed by atoms with Crippen LogP contribution in [0.4, 0.5) is 11.4 Å². The van der Waals surface area contributed by atoms with Gasteiger partial charge in [0.25, 0.3) is 0 Å². The molecule has 0 amide bonds. The molecular formula is C25H26N6. The number of nitrogens with zero attached hydrogens (tertiary/aromatic N) is 2. The van der Waals surface area contributed by atoms with Crippen LogP contribution in [0.1, 0.15) is 23.4 Å². The van der Waals surface area contributed by atoms with Crippen molar-refractivity contribution in [3.8, 4) is 0 Å². The highest BCUT2D eigenvalue weighted by atomic mass is 15.3. The van der Waals surface area contributed by atoms with Gasteiger partial charge in [-0.2, -0.15) is 0 Å². The molecule has 156 valence electrons. The number of hydrogen-bond donors (Lipinski definition) is 4. The molecule has 31 heavy (non-hydrogen) atoms. The molecule has 2 heterocycles. The average molecular weight is 411 g/mol. The normalized spacial score (nSPS) is 15.1. The monoisotopic (exact) mass is 410 g/mol. The van der Waals surface area contributed by atoms with Gasteiger partial charge in [0.1, 0.15) is 17.8 Å². The summed E-state index contributed by atoms with van der Waals surface area (Å²) in [6, 6.07) is 24.8. The Morgan fingerprint density at radius 3 is 2.68 bits per heavy atom. The highest BCUT2D eigenvalue weighted by molar-refractivity contribution is 5.97. The molecule has 5 rings (SSSR count). The van der Waals surface area contributed by atoms with Crippen LogP contribution in [0.3, 0.4) is 0 Å². The molecule has 0 fully saturated rings. The number of amidine groups is 1. The first-order chi connectivity index (χ1) is 15.2. The van der Waals surface area contributed by atoms with Gasteiger partial charge in [-0.15, -0.1) is 0 Å². The molecule has 5 N–H and O–H groups in total. The lowest BCUT2D eigenvalue weighted by atomic mass is 10.1. The molecule has 6 nitrogen and oxygen atoms in total. The number of fused-ring (bicyclic) bond motifs is 2. The maximum Gasteiger partial charge on any atom is 0.122 e. The molecule has 0 aliphatic carbocycles. The third-order valence-corrected chi connectivity index (χ3v) is 5.85. The van der Waals surface area contributed by atoms with E-state index in [0.29, 0.717) is 5.56 Å². The summed E-state index contributed by atoms with van der Waals surface area (Å²) in [7, 11) is 0. The summed E-state index contributed by atoms with van der Waals surface area (Å²) in [5, 5.41) is 11.3. The van der Waals surface area contributed by atoms with E-state index in [2.05, 4.69) is 69.8 Å². The third-order valence-electron chi connectivity index (χ3n) is 5.85. The first-order valence-corrected chi connectivity index (χ1v) is 10.7. The van der Waals surface area contributed by atoms with Gasteiger partial charge in [0.2, 0.25) is 0 Å². The lowest BCUT2D eigenvalue weighted by Gasteiger charge is -2.26. The molecule has 1 aromatic heterocycles. The molecule has 6 heteroatoms. The molecule has 1 atom stereocenters. The van der Waals surface area contributed by atoms with E-state index >= 15 is 0 Å². The van der Waals surface area contributed by atoms with Gasteiger partial charge in [0, 0.05) is 18.5 Å². The van der Waals surface area contributed by atoms with Crippen molar-refractivity contribution in [2.24, 2.45) is 5.73 Å². The number of aryl methyl sites for hydroxylation is 1. The van der Waals surface area contributed by atoms with Crippen molar-refractivity contribution >= 4 is 28.2 Å². The van der Waals surface area contributed by atoms with E-state index in [1.165, 1.54) is 16.9 Å². The van der Waals surface area contributed by atoms with Crippen molar-refractivity contribution in [3.63, 3.8) is 0 Å². The lowest BCUT2D eigenvalue weighted by Crippen LogP contribution is -2.38.